The van der Waals surface area contributed by atoms with E-state index in [1.54, 1.807) is 7.11 Å². The van der Waals surface area contributed by atoms with E-state index < -0.39 is 0 Å². The predicted molar refractivity (Wildman–Crippen MR) is 125 cm³/mol. The van der Waals surface area contributed by atoms with E-state index in [1.807, 2.05) is 48.5 Å². The molecule has 1 unspecified atom stereocenters. The number of nitrogens with zero attached hydrogens (tertiary/aromatic N) is 3. The van der Waals surface area contributed by atoms with Gasteiger partial charge >= 0.3 is 0 Å². The summed E-state index contributed by atoms with van der Waals surface area (Å²) in [6.07, 6.45) is 1.42. The minimum absolute atomic E-state index is 0.0418. The van der Waals surface area contributed by atoms with Crippen LogP contribution in [0, 0.1) is 0 Å². The Morgan fingerprint density at radius 1 is 0.935 bits per heavy atom. The summed E-state index contributed by atoms with van der Waals surface area (Å²) in [5, 5.41) is -0.397. The van der Waals surface area contributed by atoms with E-state index in [-0.39, 0.29) is 16.4 Å². The van der Waals surface area contributed by atoms with Crippen molar-refractivity contribution >= 4 is 28.6 Å². The smallest absolute Gasteiger partial charge is 0.289 e. The molecule has 4 rings (SSSR count). The summed E-state index contributed by atoms with van der Waals surface area (Å²) in [5.41, 5.74) is 2.23. The molecule has 0 radical (unpaired) electrons. The number of carbonyl (C=O) groups excluding carboxylic acids is 2. The van der Waals surface area contributed by atoms with Crippen LogP contribution in [-0.4, -0.2) is 72.6 Å². The Kier molecular flexibility index (Phi) is 7.14. The molecule has 2 heterocycles. The standard InChI is InChI=1S/C24H29N3O3S/c1-30-21-11-6-5-10-20(21)26-16-14-25(15-17-26)12-7-13-27-23(28)22(31-24(27)29)18-19-8-3-2-4-9-19/h2-6,8-11,22H,7,12-18H2,1H3. The van der Waals surface area contributed by atoms with E-state index in [2.05, 4.69) is 15.9 Å². The average Bonchev–Trinajstić information content (AvgIpc) is 3.07. The summed E-state index contributed by atoms with van der Waals surface area (Å²) in [6, 6.07) is 18.0. The average molecular weight is 440 g/mol. The summed E-state index contributed by atoms with van der Waals surface area (Å²) < 4.78 is 5.49. The number of piperazine rings is 1. The fourth-order valence-corrected chi connectivity index (χ4v) is 5.27. The van der Waals surface area contributed by atoms with Crippen molar-refractivity contribution in [3.05, 3.63) is 60.2 Å². The summed E-state index contributed by atoms with van der Waals surface area (Å²) in [5.74, 6) is 0.865. The highest BCUT2D eigenvalue weighted by Gasteiger charge is 2.39. The summed E-state index contributed by atoms with van der Waals surface area (Å²) in [6.45, 7) is 5.21. The van der Waals surface area contributed by atoms with Crippen LogP contribution in [0.4, 0.5) is 10.5 Å². The molecule has 0 aromatic heterocycles. The van der Waals surface area contributed by atoms with Gasteiger partial charge in [-0.3, -0.25) is 19.4 Å². The van der Waals surface area contributed by atoms with Crippen molar-refractivity contribution in [2.45, 2.75) is 18.1 Å². The molecular formula is C24H29N3O3S. The van der Waals surface area contributed by atoms with Gasteiger partial charge in [0, 0.05) is 32.7 Å². The number of thioether (sulfide) groups is 1. The first kappa shape index (κ1) is 21.7. The Balaban J connectivity index is 1.22. The molecule has 2 saturated heterocycles. The van der Waals surface area contributed by atoms with E-state index >= 15 is 0 Å². The Morgan fingerprint density at radius 2 is 1.65 bits per heavy atom. The van der Waals surface area contributed by atoms with E-state index in [4.69, 9.17) is 4.74 Å². The van der Waals surface area contributed by atoms with Crippen LogP contribution in [-0.2, 0) is 11.2 Å². The van der Waals surface area contributed by atoms with Crippen LogP contribution < -0.4 is 9.64 Å². The zero-order chi connectivity index (χ0) is 21.6. The number of hydrogen-bond acceptors (Lipinski definition) is 6. The molecule has 0 bridgehead atoms. The van der Waals surface area contributed by atoms with E-state index in [0.29, 0.717) is 13.0 Å². The fourth-order valence-electron chi connectivity index (χ4n) is 4.21. The monoisotopic (exact) mass is 439 g/mol. The predicted octanol–water partition coefficient (Wildman–Crippen LogP) is 3.51. The molecule has 0 saturated carbocycles. The highest BCUT2D eigenvalue weighted by atomic mass is 32.2. The van der Waals surface area contributed by atoms with Crippen molar-refractivity contribution in [2.24, 2.45) is 0 Å². The maximum absolute atomic E-state index is 12.7. The Hall–Kier alpha value is -2.51. The maximum atomic E-state index is 12.7. The number of carbonyl (C=O) groups is 2. The maximum Gasteiger partial charge on any atom is 0.289 e. The van der Waals surface area contributed by atoms with Crippen molar-refractivity contribution in [3.8, 4) is 5.75 Å². The van der Waals surface area contributed by atoms with Gasteiger partial charge in [-0.25, -0.2) is 0 Å². The first-order valence-corrected chi connectivity index (χ1v) is 11.7. The van der Waals surface area contributed by atoms with Crippen LogP contribution in [0.25, 0.3) is 0 Å². The van der Waals surface area contributed by atoms with Gasteiger partial charge in [-0.05, 0) is 37.1 Å². The minimum Gasteiger partial charge on any atom is -0.495 e. The Labute approximate surface area is 188 Å². The zero-order valence-corrected chi connectivity index (χ0v) is 18.7. The quantitative estimate of drug-likeness (QED) is 0.627. The summed E-state index contributed by atoms with van der Waals surface area (Å²) in [7, 11) is 1.71. The van der Waals surface area contributed by atoms with E-state index in [9.17, 15) is 9.59 Å². The van der Waals surface area contributed by atoms with Gasteiger partial charge in [-0.2, -0.15) is 0 Å². The normalized spacial score (nSPS) is 19.8. The van der Waals surface area contributed by atoms with Gasteiger partial charge in [0.25, 0.3) is 5.24 Å². The topological polar surface area (TPSA) is 53.1 Å². The van der Waals surface area contributed by atoms with Crippen molar-refractivity contribution in [1.82, 2.24) is 9.80 Å². The second kappa shape index (κ2) is 10.2. The molecule has 2 aliphatic heterocycles. The molecule has 0 spiro atoms. The van der Waals surface area contributed by atoms with Crippen LogP contribution >= 0.6 is 11.8 Å². The van der Waals surface area contributed by atoms with Crippen molar-refractivity contribution in [2.75, 3.05) is 51.3 Å². The summed E-state index contributed by atoms with van der Waals surface area (Å²) >= 11 is 1.17. The number of rotatable bonds is 8. The highest BCUT2D eigenvalue weighted by molar-refractivity contribution is 8.15. The Morgan fingerprint density at radius 3 is 2.39 bits per heavy atom. The van der Waals surface area contributed by atoms with Gasteiger partial charge in [-0.15, -0.1) is 0 Å². The number of para-hydroxylation sites is 2. The molecule has 1 atom stereocenters. The lowest BCUT2D eigenvalue weighted by molar-refractivity contribution is -0.126. The minimum atomic E-state index is -0.292. The molecule has 7 heteroatoms. The summed E-state index contributed by atoms with van der Waals surface area (Å²) in [4.78, 5) is 31.3. The number of benzene rings is 2. The van der Waals surface area contributed by atoms with Gasteiger partial charge in [0.1, 0.15) is 5.75 Å². The van der Waals surface area contributed by atoms with Crippen molar-refractivity contribution in [1.29, 1.82) is 0 Å². The van der Waals surface area contributed by atoms with Crippen molar-refractivity contribution in [3.63, 3.8) is 0 Å². The number of hydrogen-bond donors (Lipinski definition) is 0. The van der Waals surface area contributed by atoms with Gasteiger partial charge in [0.15, 0.2) is 0 Å². The lowest BCUT2D eigenvalue weighted by atomic mass is 10.1. The molecule has 2 aliphatic rings. The largest absolute Gasteiger partial charge is 0.495 e. The third-order valence-electron chi connectivity index (χ3n) is 5.92. The number of imide groups is 1. The lowest BCUT2D eigenvalue weighted by Gasteiger charge is -2.36. The fraction of sp³-hybridized carbons (Fsp3) is 0.417. The molecule has 6 nitrogen and oxygen atoms in total. The number of anilines is 1. The van der Waals surface area contributed by atoms with Crippen LogP contribution in [0.1, 0.15) is 12.0 Å². The SMILES string of the molecule is COc1ccccc1N1CCN(CCCN2C(=O)SC(Cc3ccccc3)C2=O)CC1. The number of amides is 2. The van der Waals surface area contributed by atoms with Crippen LogP contribution in [0.15, 0.2) is 54.6 Å². The van der Waals surface area contributed by atoms with Gasteiger partial charge in [0.05, 0.1) is 18.0 Å². The van der Waals surface area contributed by atoms with E-state index in [1.165, 1.54) is 16.7 Å². The van der Waals surface area contributed by atoms with Crippen LogP contribution in [0.2, 0.25) is 0 Å². The van der Waals surface area contributed by atoms with Crippen LogP contribution in [0.3, 0.4) is 0 Å². The molecule has 2 aromatic carbocycles. The third-order valence-corrected chi connectivity index (χ3v) is 7.00. The molecule has 0 N–H and O–H groups in total. The van der Waals surface area contributed by atoms with Gasteiger partial charge in [-0.1, -0.05) is 54.2 Å². The number of methoxy groups -OCH3 is 1. The molecule has 2 fully saturated rings. The van der Waals surface area contributed by atoms with E-state index in [0.717, 1.165) is 56.1 Å². The molecule has 0 aliphatic carbocycles. The Bertz CT molecular complexity index is 900. The van der Waals surface area contributed by atoms with Gasteiger partial charge < -0.3 is 9.64 Å². The van der Waals surface area contributed by atoms with Gasteiger partial charge in [0.2, 0.25) is 5.91 Å². The first-order valence-electron chi connectivity index (χ1n) is 10.8. The highest BCUT2D eigenvalue weighted by Crippen LogP contribution is 2.30. The number of ether oxygens (including phenoxy) is 1. The lowest BCUT2D eigenvalue weighted by Crippen LogP contribution is -2.47. The second-order valence-corrected chi connectivity index (χ2v) is 9.06. The zero-order valence-electron chi connectivity index (χ0n) is 17.9. The molecule has 2 amide bonds. The molecule has 2 aromatic rings. The third kappa shape index (κ3) is 5.22. The first-order chi connectivity index (χ1) is 15.2. The molecular weight excluding hydrogens is 410 g/mol. The second-order valence-electron chi connectivity index (χ2n) is 7.91. The van der Waals surface area contributed by atoms with Crippen LogP contribution in [0.5, 0.6) is 5.75 Å². The molecule has 31 heavy (non-hydrogen) atoms. The molecule has 164 valence electrons. The van der Waals surface area contributed by atoms with Crippen molar-refractivity contribution < 1.29 is 14.3 Å².